The van der Waals surface area contributed by atoms with Crippen LogP contribution in [0.25, 0.3) is 5.52 Å². The van der Waals surface area contributed by atoms with E-state index in [2.05, 4.69) is 17.1 Å². The second kappa shape index (κ2) is 7.20. The van der Waals surface area contributed by atoms with Crippen molar-refractivity contribution in [3.63, 3.8) is 0 Å². The number of likely N-dealkylation sites (tertiary alicyclic amines) is 1. The van der Waals surface area contributed by atoms with Crippen LogP contribution in [-0.4, -0.2) is 40.4 Å². The minimum Gasteiger partial charge on any atom is -0.349 e. The predicted octanol–water partition coefficient (Wildman–Crippen LogP) is 3.71. The lowest BCUT2D eigenvalue weighted by atomic mass is 9.88. The molecule has 1 saturated heterocycles. The lowest BCUT2D eigenvalue weighted by Crippen LogP contribution is -2.46. The number of nitrogens with one attached hydrogen (secondary N) is 1. The first-order valence-corrected chi connectivity index (χ1v) is 9.80. The highest BCUT2D eigenvalue weighted by Gasteiger charge is 2.28. The van der Waals surface area contributed by atoms with Crippen LogP contribution in [0.5, 0.6) is 0 Å². The van der Waals surface area contributed by atoms with Gasteiger partial charge in [0.1, 0.15) is 0 Å². The summed E-state index contributed by atoms with van der Waals surface area (Å²) in [4.78, 5) is 15.3. The lowest BCUT2D eigenvalue weighted by molar-refractivity contribution is 0.0860. The smallest absolute Gasteiger partial charge is 0.253 e. The van der Waals surface area contributed by atoms with Crippen molar-refractivity contribution in [3.05, 3.63) is 42.2 Å². The summed E-state index contributed by atoms with van der Waals surface area (Å²) in [6, 6.07) is 9.04. The van der Waals surface area contributed by atoms with Crippen molar-refractivity contribution < 1.29 is 4.79 Å². The number of rotatable bonds is 3. The van der Waals surface area contributed by atoms with Crippen LogP contribution in [-0.2, 0) is 0 Å². The number of carbonyl (C=O) groups excluding carboxylic acids is 1. The Morgan fingerprint density at radius 2 is 1.84 bits per heavy atom. The molecule has 4 heteroatoms. The van der Waals surface area contributed by atoms with Gasteiger partial charge in [0.2, 0.25) is 0 Å². The van der Waals surface area contributed by atoms with Gasteiger partial charge >= 0.3 is 0 Å². The molecular weight excluding hydrogens is 310 g/mol. The zero-order chi connectivity index (χ0) is 17.2. The van der Waals surface area contributed by atoms with Crippen molar-refractivity contribution in [3.8, 4) is 0 Å². The molecule has 0 radical (unpaired) electrons. The van der Waals surface area contributed by atoms with Crippen molar-refractivity contribution in [1.82, 2.24) is 14.6 Å². The second-order valence-electron chi connectivity index (χ2n) is 7.96. The van der Waals surface area contributed by atoms with E-state index in [0.29, 0.717) is 6.04 Å². The van der Waals surface area contributed by atoms with Gasteiger partial charge in [-0.05, 0) is 75.7 Å². The molecule has 0 aromatic carbocycles. The number of fused-ring (bicyclic) bond motifs is 1. The minimum atomic E-state index is 0.0685. The molecule has 0 atom stereocenters. The molecule has 134 valence electrons. The van der Waals surface area contributed by atoms with Crippen LogP contribution in [0.4, 0.5) is 0 Å². The average molecular weight is 339 g/mol. The number of aromatic nitrogens is 1. The Balaban J connectivity index is 1.30. The molecule has 1 saturated carbocycles. The van der Waals surface area contributed by atoms with E-state index in [9.17, 15) is 4.79 Å². The van der Waals surface area contributed by atoms with Gasteiger partial charge in [-0.15, -0.1) is 0 Å². The average Bonchev–Trinajstić information content (AvgIpc) is 3.07. The molecular formula is C21H29N3O. The third kappa shape index (κ3) is 3.74. The Hall–Kier alpha value is -1.81. The molecule has 1 N–H and O–H groups in total. The maximum Gasteiger partial charge on any atom is 0.253 e. The number of hydrogen-bond donors (Lipinski definition) is 1. The Labute approximate surface area is 150 Å². The zero-order valence-corrected chi connectivity index (χ0v) is 15.2. The monoisotopic (exact) mass is 339 g/mol. The second-order valence-corrected chi connectivity index (χ2v) is 7.96. The highest BCUT2D eigenvalue weighted by Crippen LogP contribution is 2.27. The summed E-state index contributed by atoms with van der Waals surface area (Å²) in [5.41, 5.74) is 1.83. The molecule has 2 aromatic rings. The van der Waals surface area contributed by atoms with Gasteiger partial charge in [0.25, 0.3) is 5.91 Å². The Morgan fingerprint density at radius 3 is 2.56 bits per heavy atom. The van der Waals surface area contributed by atoms with E-state index in [1.165, 1.54) is 38.8 Å². The van der Waals surface area contributed by atoms with Gasteiger partial charge in [0, 0.05) is 30.0 Å². The highest BCUT2D eigenvalue weighted by molar-refractivity contribution is 5.95. The van der Waals surface area contributed by atoms with E-state index >= 15 is 0 Å². The third-order valence-corrected chi connectivity index (χ3v) is 6.13. The minimum absolute atomic E-state index is 0.0685. The quantitative estimate of drug-likeness (QED) is 0.925. The molecule has 0 bridgehead atoms. The fourth-order valence-corrected chi connectivity index (χ4v) is 4.43. The van der Waals surface area contributed by atoms with Crippen LogP contribution in [0.15, 0.2) is 36.7 Å². The van der Waals surface area contributed by atoms with E-state index in [0.717, 1.165) is 35.9 Å². The Morgan fingerprint density at radius 1 is 1.08 bits per heavy atom. The standard InChI is InChI=1S/C21H29N3O/c1-16-9-12-23(13-10-16)19-7-5-18(6-8-19)22-21(25)17-14-20-4-2-3-11-24(20)15-17/h2-4,11,14-16,18-19H,5-10,12-13H2,1H3,(H,22,25). The van der Waals surface area contributed by atoms with Crippen LogP contribution in [0.2, 0.25) is 0 Å². The van der Waals surface area contributed by atoms with Crippen molar-refractivity contribution in [1.29, 1.82) is 0 Å². The normalized spacial score (nSPS) is 26.0. The molecule has 4 nitrogen and oxygen atoms in total. The third-order valence-electron chi connectivity index (χ3n) is 6.13. The molecule has 0 spiro atoms. The van der Waals surface area contributed by atoms with Crippen LogP contribution >= 0.6 is 0 Å². The summed E-state index contributed by atoms with van der Waals surface area (Å²) in [6.45, 7) is 4.90. The molecule has 2 aliphatic rings. The first-order valence-electron chi connectivity index (χ1n) is 9.80. The summed E-state index contributed by atoms with van der Waals surface area (Å²) in [5.74, 6) is 0.962. The number of piperidine rings is 1. The van der Waals surface area contributed by atoms with Crippen molar-refractivity contribution >= 4 is 11.4 Å². The molecule has 3 heterocycles. The van der Waals surface area contributed by atoms with E-state index < -0.39 is 0 Å². The van der Waals surface area contributed by atoms with Crippen molar-refractivity contribution in [2.45, 2.75) is 57.5 Å². The fraction of sp³-hybridized carbons (Fsp3) is 0.571. The number of carbonyl (C=O) groups is 1. The van der Waals surface area contributed by atoms with E-state index in [-0.39, 0.29) is 5.91 Å². The number of pyridine rings is 1. The van der Waals surface area contributed by atoms with Gasteiger partial charge in [-0.2, -0.15) is 0 Å². The van der Waals surface area contributed by atoms with Gasteiger partial charge < -0.3 is 14.6 Å². The van der Waals surface area contributed by atoms with Crippen molar-refractivity contribution in [2.75, 3.05) is 13.1 Å². The van der Waals surface area contributed by atoms with Crippen LogP contribution in [0, 0.1) is 5.92 Å². The van der Waals surface area contributed by atoms with Crippen LogP contribution in [0.3, 0.4) is 0 Å². The maximum absolute atomic E-state index is 12.6. The molecule has 4 rings (SSSR count). The van der Waals surface area contributed by atoms with Crippen molar-refractivity contribution in [2.24, 2.45) is 5.92 Å². The van der Waals surface area contributed by atoms with E-state index in [4.69, 9.17) is 0 Å². The summed E-state index contributed by atoms with van der Waals surface area (Å²) in [5, 5.41) is 3.26. The SMILES string of the molecule is CC1CCN(C2CCC(NC(=O)c3cc4ccccn4c3)CC2)CC1. The maximum atomic E-state index is 12.6. The summed E-state index contributed by atoms with van der Waals surface area (Å²) >= 11 is 0. The molecule has 25 heavy (non-hydrogen) atoms. The molecule has 1 amide bonds. The summed E-state index contributed by atoms with van der Waals surface area (Å²) in [7, 11) is 0. The number of amides is 1. The van der Waals surface area contributed by atoms with Crippen LogP contribution in [0.1, 0.15) is 55.8 Å². The van der Waals surface area contributed by atoms with Gasteiger partial charge in [-0.1, -0.05) is 13.0 Å². The first-order chi connectivity index (χ1) is 12.2. The molecule has 2 fully saturated rings. The molecule has 2 aromatic heterocycles. The lowest BCUT2D eigenvalue weighted by Gasteiger charge is -2.40. The summed E-state index contributed by atoms with van der Waals surface area (Å²) < 4.78 is 2.00. The van der Waals surface area contributed by atoms with E-state index in [1.807, 2.05) is 41.1 Å². The van der Waals surface area contributed by atoms with Gasteiger partial charge in [0.15, 0.2) is 0 Å². The zero-order valence-electron chi connectivity index (χ0n) is 15.2. The van der Waals surface area contributed by atoms with Gasteiger partial charge in [-0.25, -0.2) is 0 Å². The Bertz CT molecular complexity index is 689. The van der Waals surface area contributed by atoms with Crippen LogP contribution < -0.4 is 5.32 Å². The Kier molecular flexibility index (Phi) is 4.80. The topological polar surface area (TPSA) is 36.8 Å². The molecule has 0 unspecified atom stereocenters. The van der Waals surface area contributed by atoms with Gasteiger partial charge in [0.05, 0.1) is 5.56 Å². The molecule has 1 aliphatic carbocycles. The number of hydrogen-bond acceptors (Lipinski definition) is 2. The van der Waals surface area contributed by atoms with E-state index in [1.54, 1.807) is 0 Å². The predicted molar refractivity (Wildman–Crippen MR) is 101 cm³/mol. The highest BCUT2D eigenvalue weighted by atomic mass is 16.1. The van der Waals surface area contributed by atoms with Gasteiger partial charge in [-0.3, -0.25) is 4.79 Å². The summed E-state index contributed by atoms with van der Waals surface area (Å²) in [6.07, 6.45) is 11.2. The fourth-order valence-electron chi connectivity index (χ4n) is 4.43. The first kappa shape index (κ1) is 16.6. The number of nitrogens with zero attached hydrogens (tertiary/aromatic N) is 2. The molecule has 1 aliphatic heterocycles. The largest absolute Gasteiger partial charge is 0.349 e.